The number of nitrogens with zero attached hydrogens (tertiary/aromatic N) is 1. The first kappa shape index (κ1) is 12.8. The summed E-state index contributed by atoms with van der Waals surface area (Å²) in [7, 11) is 1.65. The van der Waals surface area contributed by atoms with Crippen molar-refractivity contribution in [3.63, 3.8) is 0 Å². The first-order valence-corrected chi connectivity index (χ1v) is 6.45. The van der Waals surface area contributed by atoms with Crippen molar-refractivity contribution in [2.24, 2.45) is 5.73 Å². The summed E-state index contributed by atoms with van der Waals surface area (Å²) in [5.74, 6) is 2.21. The van der Waals surface area contributed by atoms with Crippen LogP contribution in [-0.2, 0) is 9.53 Å². The van der Waals surface area contributed by atoms with E-state index in [0.717, 1.165) is 17.9 Å². The highest BCUT2D eigenvalue weighted by molar-refractivity contribution is 7.99. The van der Waals surface area contributed by atoms with Gasteiger partial charge in [-0.15, -0.1) is 0 Å². The molecule has 1 amide bonds. The van der Waals surface area contributed by atoms with Crippen LogP contribution in [0, 0.1) is 0 Å². The second kappa shape index (κ2) is 6.35. The van der Waals surface area contributed by atoms with E-state index in [9.17, 15) is 4.79 Å². The van der Waals surface area contributed by atoms with Gasteiger partial charge in [-0.05, 0) is 19.1 Å². The summed E-state index contributed by atoms with van der Waals surface area (Å²) in [6, 6.07) is -0.0592. The van der Waals surface area contributed by atoms with Crippen LogP contribution in [0.4, 0.5) is 0 Å². The Morgan fingerprint density at radius 2 is 2.47 bits per heavy atom. The Balaban J connectivity index is 2.54. The minimum atomic E-state index is -0.410. The van der Waals surface area contributed by atoms with Crippen molar-refractivity contribution in [2.75, 3.05) is 31.8 Å². The van der Waals surface area contributed by atoms with Gasteiger partial charge in [0.05, 0.1) is 12.6 Å². The molecular weight excluding hydrogens is 212 g/mol. The molecule has 2 N–H and O–H groups in total. The minimum Gasteiger partial charge on any atom is -0.383 e. The molecule has 1 aliphatic heterocycles. The number of ether oxygens (including phenoxy) is 1. The molecule has 0 aromatic carbocycles. The molecule has 0 aromatic rings. The van der Waals surface area contributed by atoms with Gasteiger partial charge in [0, 0.05) is 25.4 Å². The van der Waals surface area contributed by atoms with Crippen molar-refractivity contribution in [3.05, 3.63) is 0 Å². The Kier molecular flexibility index (Phi) is 5.42. The fraction of sp³-hybridized carbons (Fsp3) is 0.900. The topological polar surface area (TPSA) is 55.6 Å². The smallest absolute Gasteiger partial charge is 0.239 e. The van der Waals surface area contributed by atoms with Gasteiger partial charge in [-0.25, -0.2) is 0 Å². The molecule has 1 unspecified atom stereocenters. The van der Waals surface area contributed by atoms with Crippen molar-refractivity contribution in [1.29, 1.82) is 0 Å². The van der Waals surface area contributed by atoms with E-state index in [0.29, 0.717) is 19.2 Å². The zero-order valence-electron chi connectivity index (χ0n) is 9.44. The average Bonchev–Trinajstić information content (AvgIpc) is 2.71. The van der Waals surface area contributed by atoms with Crippen LogP contribution >= 0.6 is 11.8 Å². The molecule has 0 spiro atoms. The molecule has 88 valence electrons. The first-order valence-electron chi connectivity index (χ1n) is 5.29. The van der Waals surface area contributed by atoms with Crippen molar-refractivity contribution >= 4 is 17.7 Å². The van der Waals surface area contributed by atoms with E-state index in [1.165, 1.54) is 0 Å². The molecule has 15 heavy (non-hydrogen) atoms. The van der Waals surface area contributed by atoms with Gasteiger partial charge in [0.2, 0.25) is 5.91 Å². The minimum absolute atomic E-state index is 0.0413. The lowest BCUT2D eigenvalue weighted by Crippen LogP contribution is -2.49. The van der Waals surface area contributed by atoms with Gasteiger partial charge in [-0.3, -0.25) is 4.79 Å². The molecule has 0 bridgehead atoms. The Labute approximate surface area is 95.5 Å². The predicted molar refractivity (Wildman–Crippen MR) is 63.0 cm³/mol. The zero-order chi connectivity index (χ0) is 11.3. The average molecular weight is 232 g/mol. The van der Waals surface area contributed by atoms with Crippen LogP contribution in [0.25, 0.3) is 0 Å². The molecule has 4 nitrogen and oxygen atoms in total. The van der Waals surface area contributed by atoms with Crippen LogP contribution in [-0.4, -0.2) is 54.7 Å². The normalized spacial score (nSPS) is 22.7. The van der Waals surface area contributed by atoms with Gasteiger partial charge < -0.3 is 15.4 Å². The summed E-state index contributed by atoms with van der Waals surface area (Å²) >= 11 is 1.90. The van der Waals surface area contributed by atoms with Crippen LogP contribution in [0.5, 0.6) is 0 Å². The third kappa shape index (κ3) is 3.66. The number of hydrogen-bond acceptors (Lipinski definition) is 4. The summed E-state index contributed by atoms with van der Waals surface area (Å²) in [5, 5.41) is 0. The summed E-state index contributed by atoms with van der Waals surface area (Å²) in [6.07, 6.45) is 1.08. The largest absolute Gasteiger partial charge is 0.383 e. The monoisotopic (exact) mass is 232 g/mol. The summed E-state index contributed by atoms with van der Waals surface area (Å²) in [6.45, 7) is 2.98. The third-order valence-electron chi connectivity index (χ3n) is 2.56. The van der Waals surface area contributed by atoms with Gasteiger partial charge in [-0.2, -0.15) is 11.8 Å². The Morgan fingerprint density at radius 1 is 1.73 bits per heavy atom. The third-order valence-corrected chi connectivity index (χ3v) is 3.70. The molecule has 1 fully saturated rings. The lowest BCUT2D eigenvalue weighted by atomic mass is 10.2. The second-order valence-corrected chi connectivity index (χ2v) is 4.98. The highest BCUT2D eigenvalue weighted by atomic mass is 32.2. The maximum absolute atomic E-state index is 11.9. The number of methoxy groups -OCH3 is 1. The van der Waals surface area contributed by atoms with Gasteiger partial charge in [0.1, 0.15) is 0 Å². The molecular formula is C10H20N2O2S. The molecule has 1 aliphatic rings. The number of thioether (sulfide) groups is 1. The molecule has 1 heterocycles. The zero-order valence-corrected chi connectivity index (χ0v) is 10.3. The van der Waals surface area contributed by atoms with Crippen LogP contribution in [0.1, 0.15) is 13.3 Å². The maximum Gasteiger partial charge on any atom is 0.239 e. The van der Waals surface area contributed by atoms with Crippen molar-refractivity contribution in [1.82, 2.24) is 4.90 Å². The van der Waals surface area contributed by atoms with Gasteiger partial charge in [0.15, 0.2) is 0 Å². The molecule has 0 aliphatic carbocycles. The number of amides is 1. The Hall–Kier alpha value is -0.260. The van der Waals surface area contributed by atoms with Crippen molar-refractivity contribution < 1.29 is 9.53 Å². The number of hydrogen-bond donors (Lipinski definition) is 1. The summed E-state index contributed by atoms with van der Waals surface area (Å²) in [4.78, 5) is 13.8. The number of carbonyl (C=O) groups excluding carboxylic acids is 1. The molecule has 0 saturated carbocycles. The summed E-state index contributed by atoms with van der Waals surface area (Å²) in [5.41, 5.74) is 5.64. The van der Waals surface area contributed by atoms with E-state index < -0.39 is 6.04 Å². The first-order chi connectivity index (χ1) is 7.16. The Bertz CT molecular complexity index is 206. The van der Waals surface area contributed by atoms with Gasteiger partial charge >= 0.3 is 0 Å². The van der Waals surface area contributed by atoms with E-state index in [-0.39, 0.29) is 5.91 Å². The standard InChI is InChI=1S/C10H20N2O2S/c1-8(11)10(13)12(4-5-14-2)9-3-6-15-7-9/h8-9H,3-7,11H2,1-2H3/t8-,9?/m0/s1. The number of rotatable bonds is 5. The molecule has 1 rings (SSSR count). The van der Waals surface area contributed by atoms with E-state index in [4.69, 9.17) is 10.5 Å². The van der Waals surface area contributed by atoms with Crippen LogP contribution in [0.3, 0.4) is 0 Å². The van der Waals surface area contributed by atoms with Crippen LogP contribution in [0.15, 0.2) is 0 Å². The molecule has 2 atom stereocenters. The van der Waals surface area contributed by atoms with Crippen LogP contribution < -0.4 is 5.73 Å². The summed E-state index contributed by atoms with van der Waals surface area (Å²) < 4.78 is 5.02. The molecule has 0 aromatic heterocycles. The van der Waals surface area contributed by atoms with Crippen molar-refractivity contribution in [3.8, 4) is 0 Å². The lowest BCUT2D eigenvalue weighted by Gasteiger charge is -2.29. The highest BCUT2D eigenvalue weighted by Gasteiger charge is 2.28. The number of nitrogens with two attached hydrogens (primary N) is 1. The lowest BCUT2D eigenvalue weighted by molar-refractivity contribution is -0.134. The predicted octanol–water partition coefficient (Wildman–Crippen LogP) is 0.314. The van der Waals surface area contributed by atoms with E-state index in [1.54, 1.807) is 14.0 Å². The number of carbonyl (C=O) groups is 1. The Morgan fingerprint density at radius 3 is 2.93 bits per heavy atom. The molecule has 0 radical (unpaired) electrons. The van der Waals surface area contributed by atoms with Gasteiger partial charge in [0.25, 0.3) is 0 Å². The SMILES string of the molecule is COCCN(C(=O)[C@H](C)N)C1CCSC1. The van der Waals surface area contributed by atoms with Crippen molar-refractivity contribution in [2.45, 2.75) is 25.4 Å². The molecule has 1 saturated heterocycles. The quantitative estimate of drug-likeness (QED) is 0.741. The highest BCUT2D eigenvalue weighted by Crippen LogP contribution is 2.22. The van der Waals surface area contributed by atoms with Gasteiger partial charge in [-0.1, -0.05) is 0 Å². The fourth-order valence-corrected chi connectivity index (χ4v) is 2.92. The maximum atomic E-state index is 11.9. The fourth-order valence-electron chi connectivity index (χ4n) is 1.69. The second-order valence-electron chi connectivity index (χ2n) is 3.83. The molecule has 5 heteroatoms. The van der Waals surface area contributed by atoms with E-state index >= 15 is 0 Å². The van der Waals surface area contributed by atoms with E-state index in [2.05, 4.69) is 0 Å². The van der Waals surface area contributed by atoms with Crippen LogP contribution in [0.2, 0.25) is 0 Å². The van der Waals surface area contributed by atoms with E-state index in [1.807, 2.05) is 16.7 Å².